The lowest BCUT2D eigenvalue weighted by molar-refractivity contribution is 0.450. The van der Waals surface area contributed by atoms with Gasteiger partial charge in [-0.15, -0.1) is 0 Å². The van der Waals surface area contributed by atoms with E-state index in [0.29, 0.717) is 0 Å². The molecule has 0 spiro atoms. The minimum atomic E-state index is 0.904. The Bertz CT molecular complexity index is 125. The van der Waals surface area contributed by atoms with Crippen LogP contribution in [0.2, 0.25) is 0 Å². The lowest BCUT2D eigenvalue weighted by Crippen LogP contribution is -2.19. The van der Waals surface area contributed by atoms with E-state index < -0.39 is 0 Å². The van der Waals surface area contributed by atoms with Gasteiger partial charge in [0.1, 0.15) is 0 Å². The quantitative estimate of drug-likeness (QED) is 0.638. The van der Waals surface area contributed by atoms with Gasteiger partial charge in [0.2, 0.25) is 0 Å². The van der Waals surface area contributed by atoms with Gasteiger partial charge in [-0.1, -0.05) is 6.92 Å². The second-order valence-electron chi connectivity index (χ2n) is 4.33. The summed E-state index contributed by atoms with van der Waals surface area (Å²) in [4.78, 5) is 0. The predicted octanol–water partition coefficient (Wildman–Crippen LogP) is 2.17. The van der Waals surface area contributed by atoms with E-state index in [0.717, 1.165) is 17.9 Å². The third kappa shape index (κ3) is 2.48. The minimum Gasteiger partial charge on any atom is -0.314 e. The first-order valence-corrected chi connectivity index (χ1v) is 5.09. The van der Waals surface area contributed by atoms with Crippen molar-refractivity contribution < 1.29 is 0 Å². The lowest BCUT2D eigenvalue weighted by atomic mass is 10.0. The summed E-state index contributed by atoms with van der Waals surface area (Å²) in [5.41, 5.74) is 0. The normalized spacial score (nSPS) is 27.0. The second kappa shape index (κ2) is 3.14. The summed E-state index contributed by atoms with van der Waals surface area (Å²) >= 11 is 0. The molecule has 2 aliphatic carbocycles. The van der Waals surface area contributed by atoms with Gasteiger partial charge in [-0.2, -0.15) is 0 Å². The minimum absolute atomic E-state index is 0.904. The Labute approximate surface area is 69.6 Å². The van der Waals surface area contributed by atoms with Gasteiger partial charge in [0.05, 0.1) is 0 Å². The Morgan fingerprint density at radius 3 is 2.55 bits per heavy atom. The molecule has 1 nitrogen and oxygen atoms in total. The van der Waals surface area contributed by atoms with E-state index in [2.05, 4.69) is 12.2 Å². The lowest BCUT2D eigenvalue weighted by Gasteiger charge is -2.09. The standard InChI is InChI=1S/C10H19N/c1-8(9-2-3-9)6-7-11-10-4-5-10/h8-11H,2-7H2,1H3. The highest BCUT2D eigenvalue weighted by Crippen LogP contribution is 2.37. The molecule has 0 aliphatic heterocycles. The van der Waals surface area contributed by atoms with Crippen molar-refractivity contribution in [3.05, 3.63) is 0 Å². The topological polar surface area (TPSA) is 12.0 Å². The number of nitrogens with one attached hydrogen (secondary N) is 1. The Balaban J connectivity index is 1.50. The highest BCUT2D eigenvalue weighted by atomic mass is 14.9. The van der Waals surface area contributed by atoms with Gasteiger partial charge in [0.25, 0.3) is 0 Å². The monoisotopic (exact) mass is 153 g/mol. The maximum absolute atomic E-state index is 3.57. The average molecular weight is 153 g/mol. The van der Waals surface area contributed by atoms with E-state index in [1.807, 2.05) is 0 Å². The van der Waals surface area contributed by atoms with Gasteiger partial charge in [0, 0.05) is 6.04 Å². The van der Waals surface area contributed by atoms with Crippen LogP contribution in [-0.4, -0.2) is 12.6 Å². The SMILES string of the molecule is CC(CCNC1CC1)C1CC1. The van der Waals surface area contributed by atoms with Gasteiger partial charge >= 0.3 is 0 Å². The van der Waals surface area contributed by atoms with Crippen molar-refractivity contribution >= 4 is 0 Å². The summed E-state index contributed by atoms with van der Waals surface area (Å²) in [6, 6.07) is 0.904. The largest absolute Gasteiger partial charge is 0.314 e. The van der Waals surface area contributed by atoms with E-state index in [4.69, 9.17) is 0 Å². The van der Waals surface area contributed by atoms with Crippen molar-refractivity contribution in [2.45, 2.75) is 45.1 Å². The van der Waals surface area contributed by atoms with E-state index in [1.54, 1.807) is 0 Å². The molecule has 2 saturated carbocycles. The number of rotatable bonds is 5. The van der Waals surface area contributed by atoms with Crippen molar-refractivity contribution in [3.63, 3.8) is 0 Å². The summed E-state index contributed by atoms with van der Waals surface area (Å²) < 4.78 is 0. The summed E-state index contributed by atoms with van der Waals surface area (Å²) in [5, 5.41) is 3.57. The van der Waals surface area contributed by atoms with E-state index in [9.17, 15) is 0 Å². The molecule has 2 fully saturated rings. The van der Waals surface area contributed by atoms with Crippen LogP contribution < -0.4 is 5.32 Å². The molecule has 0 aromatic heterocycles. The smallest absolute Gasteiger partial charge is 0.00682 e. The molecule has 1 unspecified atom stereocenters. The molecule has 0 radical (unpaired) electrons. The van der Waals surface area contributed by atoms with Crippen LogP contribution in [0.3, 0.4) is 0 Å². The highest BCUT2D eigenvalue weighted by molar-refractivity contribution is 4.83. The molecule has 0 amide bonds. The summed E-state index contributed by atoms with van der Waals surface area (Å²) in [5.74, 6) is 2.08. The predicted molar refractivity (Wildman–Crippen MR) is 47.5 cm³/mol. The van der Waals surface area contributed by atoms with Crippen LogP contribution in [0.25, 0.3) is 0 Å². The maximum atomic E-state index is 3.57. The number of hydrogen-bond donors (Lipinski definition) is 1. The molecule has 0 bridgehead atoms. The first-order valence-electron chi connectivity index (χ1n) is 5.09. The molecule has 0 saturated heterocycles. The first-order chi connectivity index (χ1) is 5.36. The van der Waals surface area contributed by atoms with Gasteiger partial charge in [0.15, 0.2) is 0 Å². The van der Waals surface area contributed by atoms with Crippen LogP contribution in [0.4, 0.5) is 0 Å². The van der Waals surface area contributed by atoms with E-state index in [1.165, 1.54) is 38.6 Å². The van der Waals surface area contributed by atoms with Crippen molar-refractivity contribution in [2.24, 2.45) is 11.8 Å². The Morgan fingerprint density at radius 2 is 2.00 bits per heavy atom. The third-order valence-corrected chi connectivity index (χ3v) is 3.04. The summed E-state index contributed by atoms with van der Waals surface area (Å²) in [6.07, 6.45) is 7.27. The van der Waals surface area contributed by atoms with Crippen LogP contribution in [0.5, 0.6) is 0 Å². The molecule has 0 heterocycles. The fourth-order valence-electron chi connectivity index (χ4n) is 1.70. The maximum Gasteiger partial charge on any atom is 0.00682 e. The van der Waals surface area contributed by atoms with E-state index >= 15 is 0 Å². The summed E-state index contributed by atoms with van der Waals surface area (Å²) in [6.45, 7) is 3.68. The fourth-order valence-corrected chi connectivity index (χ4v) is 1.70. The van der Waals surface area contributed by atoms with Gasteiger partial charge in [-0.25, -0.2) is 0 Å². The molecule has 2 aliphatic rings. The van der Waals surface area contributed by atoms with Crippen molar-refractivity contribution in [1.82, 2.24) is 5.32 Å². The van der Waals surface area contributed by atoms with Gasteiger partial charge in [-0.3, -0.25) is 0 Å². The third-order valence-electron chi connectivity index (χ3n) is 3.04. The van der Waals surface area contributed by atoms with Crippen LogP contribution in [-0.2, 0) is 0 Å². The molecule has 11 heavy (non-hydrogen) atoms. The molecular formula is C10H19N. The van der Waals surface area contributed by atoms with Crippen LogP contribution in [0.15, 0.2) is 0 Å². The van der Waals surface area contributed by atoms with Gasteiger partial charge < -0.3 is 5.32 Å². The van der Waals surface area contributed by atoms with Crippen LogP contribution >= 0.6 is 0 Å². The van der Waals surface area contributed by atoms with Crippen molar-refractivity contribution in [3.8, 4) is 0 Å². The molecule has 0 aromatic rings. The zero-order valence-electron chi connectivity index (χ0n) is 7.47. The molecule has 1 atom stereocenters. The second-order valence-corrected chi connectivity index (χ2v) is 4.33. The van der Waals surface area contributed by atoms with Crippen LogP contribution in [0.1, 0.15) is 39.0 Å². The fraction of sp³-hybridized carbons (Fsp3) is 1.00. The van der Waals surface area contributed by atoms with Gasteiger partial charge in [-0.05, 0) is 50.5 Å². The molecule has 0 aromatic carbocycles. The average Bonchev–Trinajstić information content (AvgIpc) is 2.85. The zero-order chi connectivity index (χ0) is 7.68. The Hall–Kier alpha value is -0.0400. The molecule has 1 N–H and O–H groups in total. The highest BCUT2D eigenvalue weighted by Gasteiger charge is 2.28. The van der Waals surface area contributed by atoms with Crippen LogP contribution in [0, 0.1) is 11.8 Å². The zero-order valence-corrected chi connectivity index (χ0v) is 7.47. The van der Waals surface area contributed by atoms with Crippen molar-refractivity contribution in [2.75, 3.05) is 6.54 Å². The van der Waals surface area contributed by atoms with Crippen molar-refractivity contribution in [1.29, 1.82) is 0 Å². The van der Waals surface area contributed by atoms with E-state index in [-0.39, 0.29) is 0 Å². The summed E-state index contributed by atoms with van der Waals surface area (Å²) in [7, 11) is 0. The Kier molecular flexibility index (Phi) is 2.17. The molecule has 64 valence electrons. The Morgan fingerprint density at radius 1 is 1.27 bits per heavy atom. The molecule has 1 heteroatoms. The first kappa shape index (κ1) is 7.60. The number of hydrogen-bond acceptors (Lipinski definition) is 1. The molecular weight excluding hydrogens is 134 g/mol. The molecule has 2 rings (SSSR count).